The molecule has 1 atom stereocenters. The van der Waals surface area contributed by atoms with Gasteiger partial charge in [-0.3, -0.25) is 9.78 Å². The van der Waals surface area contributed by atoms with E-state index in [2.05, 4.69) is 4.98 Å². The molecule has 2 N–H and O–H groups in total. The van der Waals surface area contributed by atoms with E-state index in [4.69, 9.17) is 10.5 Å². The fraction of sp³-hybridized carbons (Fsp3) is 0.571. The molecule has 1 aromatic rings. The van der Waals surface area contributed by atoms with E-state index < -0.39 is 0 Å². The van der Waals surface area contributed by atoms with Crippen molar-refractivity contribution < 1.29 is 9.53 Å². The Kier molecular flexibility index (Phi) is 5.76. The molecular formula is C14H23N3O2. The van der Waals surface area contributed by atoms with E-state index in [1.165, 1.54) is 4.90 Å². The maximum Gasteiger partial charge on any atom is 0.259 e. The molecule has 0 aliphatic rings. The zero-order valence-electron chi connectivity index (χ0n) is 12.1. The summed E-state index contributed by atoms with van der Waals surface area (Å²) in [4.78, 5) is 17.5. The summed E-state index contributed by atoms with van der Waals surface area (Å²) in [7, 11) is 3.40. The first-order valence-corrected chi connectivity index (χ1v) is 6.49. The molecule has 106 valence electrons. The van der Waals surface area contributed by atoms with Crippen molar-refractivity contribution in [3.05, 3.63) is 23.5 Å². The van der Waals surface area contributed by atoms with Gasteiger partial charge in [-0.1, -0.05) is 6.92 Å². The maximum absolute atomic E-state index is 11.5. The molecule has 1 heterocycles. The molecule has 0 bridgehead atoms. The highest BCUT2D eigenvalue weighted by molar-refractivity contribution is 5.77. The van der Waals surface area contributed by atoms with Crippen LogP contribution in [0.2, 0.25) is 0 Å². The van der Waals surface area contributed by atoms with E-state index in [-0.39, 0.29) is 18.6 Å². The molecule has 0 radical (unpaired) electrons. The average Bonchev–Trinajstić information content (AvgIpc) is 2.37. The van der Waals surface area contributed by atoms with Crippen molar-refractivity contribution in [2.24, 2.45) is 5.73 Å². The zero-order chi connectivity index (χ0) is 14.4. The third-order valence-electron chi connectivity index (χ3n) is 2.90. The van der Waals surface area contributed by atoms with Gasteiger partial charge in [0.1, 0.15) is 5.75 Å². The second kappa shape index (κ2) is 7.09. The van der Waals surface area contributed by atoms with Crippen LogP contribution in [0, 0.1) is 6.92 Å². The summed E-state index contributed by atoms with van der Waals surface area (Å²) in [6, 6.07) is 3.78. The van der Waals surface area contributed by atoms with Crippen LogP contribution in [-0.2, 0) is 11.2 Å². The van der Waals surface area contributed by atoms with Gasteiger partial charge in [-0.05, 0) is 25.5 Å². The normalized spacial score (nSPS) is 12.1. The molecule has 0 saturated carbocycles. The first kappa shape index (κ1) is 15.4. The average molecular weight is 265 g/mol. The Hall–Kier alpha value is -1.62. The molecule has 5 heteroatoms. The molecule has 0 spiro atoms. The number of aromatic nitrogens is 1. The number of nitrogens with two attached hydrogens (primary N) is 1. The third-order valence-corrected chi connectivity index (χ3v) is 2.90. The van der Waals surface area contributed by atoms with Crippen LogP contribution in [-0.4, -0.2) is 42.5 Å². The Morgan fingerprint density at radius 1 is 1.47 bits per heavy atom. The van der Waals surface area contributed by atoms with Crippen LogP contribution in [0.25, 0.3) is 0 Å². The largest absolute Gasteiger partial charge is 0.482 e. The highest BCUT2D eigenvalue weighted by Crippen LogP contribution is 2.19. The number of ether oxygens (including phenoxy) is 1. The van der Waals surface area contributed by atoms with Gasteiger partial charge >= 0.3 is 0 Å². The van der Waals surface area contributed by atoms with Gasteiger partial charge in [-0.15, -0.1) is 0 Å². The topological polar surface area (TPSA) is 68.5 Å². The van der Waals surface area contributed by atoms with Crippen molar-refractivity contribution in [2.45, 2.75) is 32.7 Å². The first-order chi connectivity index (χ1) is 8.93. The van der Waals surface area contributed by atoms with Gasteiger partial charge in [-0.2, -0.15) is 0 Å². The van der Waals surface area contributed by atoms with Gasteiger partial charge < -0.3 is 15.4 Å². The molecule has 1 unspecified atom stereocenters. The van der Waals surface area contributed by atoms with Crippen molar-refractivity contribution in [2.75, 3.05) is 20.7 Å². The number of rotatable bonds is 6. The minimum absolute atomic E-state index is 0.0199. The van der Waals surface area contributed by atoms with Crippen molar-refractivity contribution >= 4 is 5.91 Å². The predicted molar refractivity (Wildman–Crippen MR) is 75.1 cm³/mol. The summed E-state index contributed by atoms with van der Waals surface area (Å²) >= 11 is 0. The summed E-state index contributed by atoms with van der Waals surface area (Å²) < 4.78 is 5.55. The predicted octanol–water partition coefficient (Wildman–Crippen LogP) is 1.14. The smallest absolute Gasteiger partial charge is 0.259 e. The molecular weight excluding hydrogens is 242 g/mol. The Morgan fingerprint density at radius 2 is 2.16 bits per heavy atom. The van der Waals surface area contributed by atoms with Crippen LogP contribution in [0.3, 0.4) is 0 Å². The van der Waals surface area contributed by atoms with Crippen LogP contribution in [0.1, 0.15) is 24.7 Å². The van der Waals surface area contributed by atoms with Crippen LogP contribution in [0.4, 0.5) is 0 Å². The number of carbonyl (C=O) groups excluding carboxylic acids is 1. The summed E-state index contributed by atoms with van der Waals surface area (Å²) in [5.41, 5.74) is 7.70. The quantitative estimate of drug-likeness (QED) is 0.837. The van der Waals surface area contributed by atoms with E-state index >= 15 is 0 Å². The molecule has 0 aromatic carbocycles. The fourth-order valence-electron chi connectivity index (χ4n) is 1.54. The molecule has 0 aliphatic carbocycles. The number of aryl methyl sites for hydroxylation is 1. The third kappa shape index (κ3) is 4.87. The van der Waals surface area contributed by atoms with Gasteiger partial charge in [0.15, 0.2) is 6.61 Å². The van der Waals surface area contributed by atoms with Crippen molar-refractivity contribution in [1.29, 1.82) is 0 Å². The Labute approximate surface area is 114 Å². The lowest BCUT2D eigenvalue weighted by Crippen LogP contribution is -2.28. The van der Waals surface area contributed by atoms with Gasteiger partial charge in [0, 0.05) is 32.3 Å². The Bertz CT molecular complexity index is 433. The summed E-state index contributed by atoms with van der Waals surface area (Å²) in [6.07, 6.45) is 1.54. The van der Waals surface area contributed by atoms with E-state index in [0.29, 0.717) is 12.2 Å². The number of amides is 1. The molecule has 19 heavy (non-hydrogen) atoms. The molecule has 1 aromatic heterocycles. The highest BCUT2D eigenvalue weighted by atomic mass is 16.5. The van der Waals surface area contributed by atoms with Gasteiger partial charge in [0.25, 0.3) is 5.91 Å². The summed E-state index contributed by atoms with van der Waals surface area (Å²) in [5, 5.41) is 0. The molecule has 5 nitrogen and oxygen atoms in total. The van der Waals surface area contributed by atoms with E-state index in [1.807, 2.05) is 26.0 Å². The zero-order valence-corrected chi connectivity index (χ0v) is 12.1. The van der Waals surface area contributed by atoms with Crippen molar-refractivity contribution in [1.82, 2.24) is 9.88 Å². The highest BCUT2D eigenvalue weighted by Gasteiger charge is 2.12. The van der Waals surface area contributed by atoms with Crippen LogP contribution in [0.5, 0.6) is 5.75 Å². The molecule has 0 fully saturated rings. The fourth-order valence-corrected chi connectivity index (χ4v) is 1.54. The minimum atomic E-state index is -0.0775. The second-order valence-corrected chi connectivity index (χ2v) is 4.85. The van der Waals surface area contributed by atoms with Crippen LogP contribution in [0.15, 0.2) is 12.1 Å². The number of pyridine rings is 1. The minimum Gasteiger partial charge on any atom is -0.482 e. The standard InChI is InChI=1S/C14H23N3O2/c1-5-11(15)8-12-13(7-6-10(2)16-12)19-9-14(18)17(3)4/h6-7,11H,5,8-9,15H2,1-4H3. The number of likely N-dealkylation sites (N-methyl/N-ethyl adjacent to an activating group) is 1. The lowest BCUT2D eigenvalue weighted by molar-refractivity contribution is -0.130. The van der Waals surface area contributed by atoms with E-state index in [9.17, 15) is 4.79 Å². The van der Waals surface area contributed by atoms with Crippen LogP contribution < -0.4 is 10.5 Å². The molecule has 0 aliphatic heterocycles. The number of carbonyl (C=O) groups is 1. The second-order valence-electron chi connectivity index (χ2n) is 4.85. The Morgan fingerprint density at radius 3 is 2.74 bits per heavy atom. The number of hydrogen-bond donors (Lipinski definition) is 1. The SMILES string of the molecule is CCC(N)Cc1nc(C)ccc1OCC(=O)N(C)C. The van der Waals surface area contributed by atoms with Gasteiger partial charge in [0.2, 0.25) is 0 Å². The monoisotopic (exact) mass is 265 g/mol. The van der Waals surface area contributed by atoms with E-state index in [1.54, 1.807) is 14.1 Å². The maximum atomic E-state index is 11.5. The lowest BCUT2D eigenvalue weighted by Gasteiger charge is -2.15. The summed E-state index contributed by atoms with van der Waals surface area (Å²) in [5.74, 6) is 0.566. The first-order valence-electron chi connectivity index (χ1n) is 6.49. The van der Waals surface area contributed by atoms with Gasteiger partial charge in [0.05, 0.1) is 5.69 Å². The molecule has 1 amide bonds. The number of nitrogens with zero attached hydrogens (tertiary/aromatic N) is 2. The van der Waals surface area contributed by atoms with E-state index in [0.717, 1.165) is 17.8 Å². The van der Waals surface area contributed by atoms with Gasteiger partial charge in [-0.25, -0.2) is 0 Å². The molecule has 0 saturated heterocycles. The van der Waals surface area contributed by atoms with Crippen molar-refractivity contribution in [3.63, 3.8) is 0 Å². The summed E-state index contributed by atoms with van der Waals surface area (Å²) in [6.45, 7) is 3.98. The van der Waals surface area contributed by atoms with Crippen molar-refractivity contribution in [3.8, 4) is 5.75 Å². The van der Waals surface area contributed by atoms with Crippen LogP contribution >= 0.6 is 0 Å². The lowest BCUT2D eigenvalue weighted by atomic mass is 10.1. The molecule has 1 rings (SSSR count). The Balaban J connectivity index is 2.78. The number of hydrogen-bond acceptors (Lipinski definition) is 4.